The summed E-state index contributed by atoms with van der Waals surface area (Å²) in [4.78, 5) is 32.5. The van der Waals surface area contributed by atoms with Crippen LogP contribution in [0.2, 0.25) is 5.02 Å². The third-order valence-corrected chi connectivity index (χ3v) is 6.22. The molecule has 2 amide bonds. The summed E-state index contributed by atoms with van der Waals surface area (Å²) >= 11 is 6.01. The first-order valence-electron chi connectivity index (χ1n) is 9.90. The molecule has 2 fully saturated rings. The molecule has 2 saturated heterocycles. The molecule has 1 atom stereocenters. The number of hydrogen-bond donors (Lipinski definition) is 0. The Balaban J connectivity index is 1.69. The molecule has 1 unspecified atom stereocenters. The Bertz CT molecular complexity index is 925. The highest BCUT2D eigenvalue weighted by Crippen LogP contribution is 2.37. The third kappa shape index (κ3) is 3.48. The van der Waals surface area contributed by atoms with Gasteiger partial charge in [-0.2, -0.15) is 5.10 Å². The van der Waals surface area contributed by atoms with Crippen molar-refractivity contribution >= 4 is 29.1 Å². The van der Waals surface area contributed by atoms with Crippen LogP contribution >= 0.6 is 11.6 Å². The Morgan fingerprint density at radius 2 is 1.93 bits per heavy atom. The summed E-state index contributed by atoms with van der Waals surface area (Å²) < 4.78 is 1.75. The fourth-order valence-electron chi connectivity index (χ4n) is 4.33. The van der Waals surface area contributed by atoms with Crippen molar-refractivity contribution in [2.45, 2.75) is 38.4 Å². The van der Waals surface area contributed by atoms with E-state index < -0.39 is 5.54 Å². The first-order chi connectivity index (χ1) is 13.8. The van der Waals surface area contributed by atoms with Crippen molar-refractivity contribution in [1.82, 2.24) is 19.6 Å². The molecule has 4 rings (SSSR count). The minimum Gasteiger partial charge on any atom is -0.366 e. The molecule has 2 aliphatic heterocycles. The Morgan fingerprint density at radius 1 is 1.21 bits per heavy atom. The second-order valence-electron chi connectivity index (χ2n) is 8.21. The summed E-state index contributed by atoms with van der Waals surface area (Å²) in [6.45, 7) is 5.62. The van der Waals surface area contributed by atoms with Crippen LogP contribution in [0.3, 0.4) is 0 Å². The Hall–Kier alpha value is -2.54. The van der Waals surface area contributed by atoms with Gasteiger partial charge in [-0.25, -0.2) is 0 Å². The topological polar surface area (TPSA) is 61.7 Å². The summed E-state index contributed by atoms with van der Waals surface area (Å²) in [7, 11) is 1.87. The van der Waals surface area contributed by atoms with Gasteiger partial charge in [0.2, 0.25) is 5.91 Å². The predicted molar refractivity (Wildman–Crippen MR) is 112 cm³/mol. The number of aromatic nitrogens is 2. The average molecular weight is 416 g/mol. The highest BCUT2D eigenvalue weighted by atomic mass is 35.5. The molecule has 154 valence electrons. The van der Waals surface area contributed by atoms with E-state index >= 15 is 0 Å². The lowest BCUT2D eigenvalue weighted by atomic mass is 9.89. The number of nitrogens with zero attached hydrogens (tertiary/aromatic N) is 5. The summed E-state index contributed by atoms with van der Waals surface area (Å²) in [5.41, 5.74) is 1.07. The summed E-state index contributed by atoms with van der Waals surface area (Å²) in [6, 6.07) is 7.44. The Morgan fingerprint density at radius 3 is 2.55 bits per heavy atom. The SMILES string of the molecule is CC(C)N1CC(=O)N(Cc2ccc(Cl)cc2)C2(CCN(c3cnn(C)c3)C2)C1=O. The number of carbonyl (C=O) groups is 2. The zero-order valence-corrected chi connectivity index (χ0v) is 17.8. The van der Waals surface area contributed by atoms with Crippen LogP contribution in [0, 0.1) is 0 Å². The zero-order valence-electron chi connectivity index (χ0n) is 17.0. The van der Waals surface area contributed by atoms with Crippen molar-refractivity contribution < 1.29 is 9.59 Å². The van der Waals surface area contributed by atoms with Gasteiger partial charge in [0.15, 0.2) is 0 Å². The predicted octanol–water partition coefficient (Wildman–Crippen LogP) is 2.30. The Labute approximate surface area is 175 Å². The molecule has 0 bridgehead atoms. The van der Waals surface area contributed by atoms with Gasteiger partial charge < -0.3 is 14.7 Å². The van der Waals surface area contributed by atoms with Crippen LogP contribution < -0.4 is 4.90 Å². The van der Waals surface area contributed by atoms with E-state index in [0.717, 1.165) is 11.3 Å². The molecule has 0 N–H and O–H groups in total. The first kappa shape index (κ1) is 19.8. The molecule has 1 spiro atoms. The molecule has 0 saturated carbocycles. The van der Waals surface area contributed by atoms with Gasteiger partial charge in [0.05, 0.1) is 18.4 Å². The normalized spacial score (nSPS) is 22.4. The number of halogens is 1. The lowest BCUT2D eigenvalue weighted by Gasteiger charge is -2.48. The minimum atomic E-state index is -0.866. The number of aryl methyl sites for hydroxylation is 1. The van der Waals surface area contributed by atoms with Gasteiger partial charge in [-0.1, -0.05) is 23.7 Å². The van der Waals surface area contributed by atoms with E-state index in [9.17, 15) is 9.59 Å². The van der Waals surface area contributed by atoms with Crippen LogP contribution in [-0.2, 0) is 23.2 Å². The number of piperazine rings is 1. The van der Waals surface area contributed by atoms with E-state index in [4.69, 9.17) is 11.6 Å². The number of amides is 2. The van der Waals surface area contributed by atoms with E-state index in [2.05, 4.69) is 10.00 Å². The summed E-state index contributed by atoms with van der Waals surface area (Å²) in [5.74, 6) is 0.0220. The number of carbonyl (C=O) groups excluding carboxylic acids is 2. The van der Waals surface area contributed by atoms with Crippen LogP contribution in [0.1, 0.15) is 25.8 Å². The van der Waals surface area contributed by atoms with Gasteiger partial charge in [0.25, 0.3) is 5.91 Å². The molecule has 1 aromatic carbocycles. The maximum Gasteiger partial charge on any atom is 0.251 e. The van der Waals surface area contributed by atoms with E-state index in [1.54, 1.807) is 20.7 Å². The van der Waals surface area contributed by atoms with Crippen LogP contribution in [0.4, 0.5) is 5.69 Å². The largest absolute Gasteiger partial charge is 0.366 e. The molecule has 0 aliphatic carbocycles. The molecule has 1 aromatic heterocycles. The molecular weight excluding hydrogens is 390 g/mol. The maximum atomic E-state index is 13.6. The monoisotopic (exact) mass is 415 g/mol. The fraction of sp³-hybridized carbons (Fsp3) is 0.476. The van der Waals surface area contributed by atoms with Crippen LogP contribution in [-0.4, -0.2) is 62.6 Å². The van der Waals surface area contributed by atoms with Gasteiger partial charge >= 0.3 is 0 Å². The summed E-state index contributed by atoms with van der Waals surface area (Å²) in [6.07, 6.45) is 4.35. The van der Waals surface area contributed by atoms with E-state index in [1.807, 2.05) is 51.4 Å². The van der Waals surface area contributed by atoms with Crippen molar-refractivity contribution in [3.8, 4) is 0 Å². The van der Waals surface area contributed by atoms with Crippen LogP contribution in [0.15, 0.2) is 36.7 Å². The highest BCUT2D eigenvalue weighted by Gasteiger charge is 2.56. The van der Waals surface area contributed by atoms with Gasteiger partial charge in [0.1, 0.15) is 12.1 Å². The second kappa shape index (κ2) is 7.37. The van der Waals surface area contributed by atoms with Gasteiger partial charge in [-0.05, 0) is 38.0 Å². The van der Waals surface area contributed by atoms with E-state index in [0.29, 0.717) is 31.1 Å². The summed E-state index contributed by atoms with van der Waals surface area (Å²) in [5, 5.41) is 4.91. The van der Waals surface area contributed by atoms with Gasteiger partial charge in [-0.3, -0.25) is 14.3 Å². The third-order valence-electron chi connectivity index (χ3n) is 5.96. The van der Waals surface area contributed by atoms with Crippen molar-refractivity contribution in [3.63, 3.8) is 0 Å². The molecule has 2 aromatic rings. The molecule has 8 heteroatoms. The number of benzene rings is 1. The maximum absolute atomic E-state index is 13.6. The minimum absolute atomic E-state index is 0.0127. The quantitative estimate of drug-likeness (QED) is 0.768. The molecule has 3 heterocycles. The van der Waals surface area contributed by atoms with Crippen molar-refractivity contribution in [3.05, 3.63) is 47.2 Å². The number of hydrogen-bond acceptors (Lipinski definition) is 4. The van der Waals surface area contributed by atoms with E-state index in [1.165, 1.54) is 0 Å². The molecular formula is C21H26ClN5O2. The molecule has 0 radical (unpaired) electrons. The smallest absolute Gasteiger partial charge is 0.251 e. The molecule has 2 aliphatic rings. The van der Waals surface area contributed by atoms with Crippen LogP contribution in [0.5, 0.6) is 0 Å². The highest BCUT2D eigenvalue weighted by molar-refractivity contribution is 6.30. The zero-order chi connectivity index (χ0) is 20.8. The number of rotatable bonds is 4. The number of anilines is 1. The molecule has 7 nitrogen and oxygen atoms in total. The van der Waals surface area contributed by atoms with Crippen molar-refractivity contribution in [2.75, 3.05) is 24.5 Å². The average Bonchev–Trinajstić information content (AvgIpc) is 3.31. The van der Waals surface area contributed by atoms with Gasteiger partial charge in [0, 0.05) is 37.4 Å². The van der Waals surface area contributed by atoms with E-state index in [-0.39, 0.29) is 24.4 Å². The fourth-order valence-corrected chi connectivity index (χ4v) is 4.46. The lowest BCUT2D eigenvalue weighted by Crippen LogP contribution is -2.69. The van der Waals surface area contributed by atoms with Crippen molar-refractivity contribution in [2.24, 2.45) is 7.05 Å². The second-order valence-corrected chi connectivity index (χ2v) is 8.64. The Kier molecular flexibility index (Phi) is 5.02. The van der Waals surface area contributed by atoms with Gasteiger partial charge in [-0.15, -0.1) is 0 Å². The first-order valence-corrected chi connectivity index (χ1v) is 10.3. The molecule has 29 heavy (non-hydrogen) atoms. The standard InChI is InChI=1S/C21H26ClN5O2/c1-15(2)26-13-19(28)27(11-16-4-6-17(22)7-5-16)21(20(26)29)8-9-25(14-21)18-10-23-24(3)12-18/h4-7,10,12,15H,8-9,11,13-14H2,1-3H3. The lowest BCUT2D eigenvalue weighted by molar-refractivity contribution is -0.166. The van der Waals surface area contributed by atoms with Crippen LogP contribution in [0.25, 0.3) is 0 Å². The van der Waals surface area contributed by atoms with Crippen molar-refractivity contribution in [1.29, 1.82) is 0 Å².